The molecule has 0 aliphatic heterocycles. The van der Waals surface area contributed by atoms with Gasteiger partial charge in [-0.3, -0.25) is 4.79 Å². The largest absolute Gasteiger partial charge is 0.450 e. The van der Waals surface area contributed by atoms with Crippen LogP contribution in [0.15, 0.2) is 28.7 Å². The highest BCUT2D eigenvalue weighted by molar-refractivity contribution is 6.01. The van der Waals surface area contributed by atoms with Crippen molar-refractivity contribution in [2.45, 2.75) is 39.0 Å². The molecule has 0 radical (unpaired) electrons. The van der Waals surface area contributed by atoms with Crippen LogP contribution in [-0.4, -0.2) is 5.78 Å². The lowest BCUT2D eigenvalue weighted by atomic mass is 9.78. The number of fused-ring (bicyclic) bond motifs is 1. The van der Waals surface area contributed by atoms with Crippen LogP contribution in [0, 0.1) is 11.2 Å². The number of hydrogen-bond donors (Lipinski definition) is 0. The van der Waals surface area contributed by atoms with Gasteiger partial charge in [-0.05, 0) is 31.4 Å². The van der Waals surface area contributed by atoms with Crippen LogP contribution in [0.3, 0.4) is 0 Å². The quantitative estimate of drug-likeness (QED) is 0.747. The number of halogens is 1. The summed E-state index contributed by atoms with van der Waals surface area (Å²) in [4.78, 5) is 12.7. The molecule has 100 valence electrons. The summed E-state index contributed by atoms with van der Waals surface area (Å²) < 4.78 is 19.1. The molecule has 1 aromatic heterocycles. The monoisotopic (exact) mass is 260 g/mol. The number of carbonyl (C=O) groups is 1. The SMILES string of the molecule is CCC1(C(=O)c2cc3cccc(F)c3o2)CCCC1. The van der Waals surface area contributed by atoms with Crippen LogP contribution in [-0.2, 0) is 0 Å². The first-order valence-corrected chi connectivity index (χ1v) is 6.89. The van der Waals surface area contributed by atoms with E-state index in [4.69, 9.17) is 4.42 Å². The average molecular weight is 260 g/mol. The van der Waals surface area contributed by atoms with Gasteiger partial charge in [-0.2, -0.15) is 0 Å². The first-order chi connectivity index (χ1) is 9.16. The van der Waals surface area contributed by atoms with Gasteiger partial charge in [-0.25, -0.2) is 4.39 Å². The van der Waals surface area contributed by atoms with Crippen molar-refractivity contribution in [3.63, 3.8) is 0 Å². The summed E-state index contributed by atoms with van der Waals surface area (Å²) in [7, 11) is 0. The summed E-state index contributed by atoms with van der Waals surface area (Å²) >= 11 is 0. The van der Waals surface area contributed by atoms with Gasteiger partial charge in [0.15, 0.2) is 17.2 Å². The lowest BCUT2D eigenvalue weighted by Gasteiger charge is -2.24. The van der Waals surface area contributed by atoms with E-state index in [0.717, 1.165) is 32.1 Å². The third kappa shape index (κ3) is 1.88. The van der Waals surface area contributed by atoms with E-state index in [1.807, 2.05) is 6.92 Å². The number of rotatable bonds is 3. The Morgan fingerprint density at radius 2 is 2.11 bits per heavy atom. The molecule has 0 saturated heterocycles. The zero-order valence-electron chi connectivity index (χ0n) is 11.0. The first kappa shape index (κ1) is 12.4. The van der Waals surface area contributed by atoms with Crippen molar-refractivity contribution >= 4 is 16.8 Å². The van der Waals surface area contributed by atoms with Crippen LogP contribution in [0.5, 0.6) is 0 Å². The molecule has 19 heavy (non-hydrogen) atoms. The zero-order valence-corrected chi connectivity index (χ0v) is 11.0. The maximum absolute atomic E-state index is 13.6. The van der Waals surface area contributed by atoms with E-state index in [-0.39, 0.29) is 16.8 Å². The predicted octanol–water partition coefficient (Wildman–Crippen LogP) is 4.73. The van der Waals surface area contributed by atoms with E-state index in [2.05, 4.69) is 0 Å². The van der Waals surface area contributed by atoms with E-state index in [9.17, 15) is 9.18 Å². The number of carbonyl (C=O) groups excluding carboxylic acids is 1. The molecule has 1 aliphatic carbocycles. The Morgan fingerprint density at radius 3 is 2.74 bits per heavy atom. The summed E-state index contributed by atoms with van der Waals surface area (Å²) in [6.45, 7) is 2.05. The van der Waals surface area contributed by atoms with Crippen molar-refractivity contribution in [3.05, 3.63) is 35.8 Å². The van der Waals surface area contributed by atoms with Crippen LogP contribution in [0.1, 0.15) is 49.6 Å². The van der Waals surface area contributed by atoms with Crippen LogP contribution in [0.4, 0.5) is 4.39 Å². The molecule has 3 rings (SSSR count). The maximum atomic E-state index is 13.6. The molecule has 0 N–H and O–H groups in total. The molecule has 0 atom stereocenters. The number of para-hydroxylation sites is 1. The zero-order chi connectivity index (χ0) is 13.5. The Kier molecular flexibility index (Phi) is 2.92. The smallest absolute Gasteiger partial charge is 0.204 e. The van der Waals surface area contributed by atoms with Crippen LogP contribution >= 0.6 is 0 Å². The molecule has 2 nitrogen and oxygen atoms in total. The van der Waals surface area contributed by atoms with Crippen molar-refractivity contribution in [1.29, 1.82) is 0 Å². The molecule has 1 fully saturated rings. The lowest BCUT2D eigenvalue weighted by Crippen LogP contribution is -2.26. The second-order valence-electron chi connectivity index (χ2n) is 5.44. The minimum absolute atomic E-state index is 0.0445. The number of hydrogen-bond acceptors (Lipinski definition) is 2. The minimum Gasteiger partial charge on any atom is -0.450 e. The predicted molar refractivity (Wildman–Crippen MR) is 71.7 cm³/mol. The minimum atomic E-state index is -0.409. The third-order valence-corrected chi connectivity index (χ3v) is 4.44. The number of benzene rings is 1. The highest BCUT2D eigenvalue weighted by atomic mass is 19.1. The van der Waals surface area contributed by atoms with Gasteiger partial charge in [-0.1, -0.05) is 31.9 Å². The van der Waals surface area contributed by atoms with Crippen molar-refractivity contribution < 1.29 is 13.6 Å². The fraction of sp³-hybridized carbons (Fsp3) is 0.438. The standard InChI is InChI=1S/C16H17FO2/c1-2-16(8-3-4-9-16)15(18)13-10-11-6-5-7-12(17)14(11)19-13/h5-7,10H,2-4,8-9H2,1H3. The molecular weight excluding hydrogens is 243 g/mol. The van der Waals surface area contributed by atoms with Crippen LogP contribution in [0.2, 0.25) is 0 Å². The number of ketones is 1. The third-order valence-electron chi connectivity index (χ3n) is 4.44. The van der Waals surface area contributed by atoms with Crippen molar-refractivity contribution in [1.82, 2.24) is 0 Å². The molecule has 1 heterocycles. The molecule has 0 bridgehead atoms. The molecule has 0 unspecified atom stereocenters. The average Bonchev–Trinajstić information content (AvgIpc) is 3.06. The van der Waals surface area contributed by atoms with E-state index in [1.54, 1.807) is 18.2 Å². The van der Waals surface area contributed by atoms with Crippen molar-refractivity contribution in [2.24, 2.45) is 5.41 Å². The molecule has 2 aromatic rings. The fourth-order valence-corrected chi connectivity index (χ4v) is 3.19. The van der Waals surface area contributed by atoms with Crippen molar-refractivity contribution in [2.75, 3.05) is 0 Å². The molecule has 0 spiro atoms. The summed E-state index contributed by atoms with van der Waals surface area (Å²) in [6.07, 6.45) is 4.84. The van der Waals surface area contributed by atoms with Crippen LogP contribution in [0.25, 0.3) is 11.0 Å². The van der Waals surface area contributed by atoms with Gasteiger partial charge in [0.1, 0.15) is 0 Å². The van der Waals surface area contributed by atoms with Gasteiger partial charge in [0.2, 0.25) is 5.78 Å². The number of furan rings is 1. The van der Waals surface area contributed by atoms with Gasteiger partial charge in [0.25, 0.3) is 0 Å². The second-order valence-corrected chi connectivity index (χ2v) is 5.44. The Hall–Kier alpha value is -1.64. The Bertz CT molecular complexity index is 621. The number of Topliss-reactive ketones (excluding diaryl/α,β-unsaturated/α-hetero) is 1. The normalized spacial score (nSPS) is 18.0. The first-order valence-electron chi connectivity index (χ1n) is 6.89. The van der Waals surface area contributed by atoms with E-state index in [1.165, 1.54) is 6.07 Å². The molecular formula is C16H17FO2. The van der Waals surface area contributed by atoms with E-state index >= 15 is 0 Å². The summed E-state index contributed by atoms with van der Waals surface area (Å²) in [5.41, 5.74) is -0.0974. The highest BCUT2D eigenvalue weighted by Gasteiger charge is 2.41. The molecule has 0 amide bonds. The molecule has 1 saturated carbocycles. The lowest BCUT2D eigenvalue weighted by molar-refractivity contribution is 0.0762. The van der Waals surface area contributed by atoms with Gasteiger partial charge in [0.05, 0.1) is 0 Å². The molecule has 1 aliphatic rings. The van der Waals surface area contributed by atoms with Crippen LogP contribution < -0.4 is 0 Å². The summed E-state index contributed by atoms with van der Waals surface area (Å²) in [5.74, 6) is -0.0551. The van der Waals surface area contributed by atoms with E-state index in [0.29, 0.717) is 11.1 Å². The van der Waals surface area contributed by atoms with Gasteiger partial charge >= 0.3 is 0 Å². The Morgan fingerprint density at radius 1 is 1.37 bits per heavy atom. The Labute approximate surface area is 111 Å². The maximum Gasteiger partial charge on any atom is 0.204 e. The second kappa shape index (κ2) is 4.48. The highest BCUT2D eigenvalue weighted by Crippen LogP contribution is 2.44. The fourth-order valence-electron chi connectivity index (χ4n) is 3.19. The van der Waals surface area contributed by atoms with Crippen molar-refractivity contribution in [3.8, 4) is 0 Å². The summed E-state index contributed by atoms with van der Waals surface area (Å²) in [6, 6.07) is 6.43. The summed E-state index contributed by atoms with van der Waals surface area (Å²) in [5, 5.41) is 0.660. The van der Waals surface area contributed by atoms with Gasteiger partial charge in [0, 0.05) is 10.8 Å². The van der Waals surface area contributed by atoms with E-state index < -0.39 is 5.82 Å². The Balaban J connectivity index is 2.04. The molecule has 3 heteroatoms. The molecule has 1 aromatic carbocycles. The topological polar surface area (TPSA) is 30.2 Å². The van der Waals surface area contributed by atoms with Gasteiger partial charge < -0.3 is 4.42 Å². The van der Waals surface area contributed by atoms with Gasteiger partial charge in [-0.15, -0.1) is 0 Å².